The average molecular weight is 274 g/mol. The number of hydrogen-bond acceptors (Lipinski definition) is 3. The number of nitrogens with zero attached hydrogens (tertiary/aromatic N) is 2. The van der Waals surface area contributed by atoms with Crippen LogP contribution in [0.3, 0.4) is 0 Å². The molecule has 0 saturated carbocycles. The Morgan fingerprint density at radius 1 is 1.53 bits per heavy atom. The van der Waals surface area contributed by atoms with Crippen molar-refractivity contribution in [2.24, 2.45) is 4.99 Å². The highest BCUT2D eigenvalue weighted by atomic mass is 32.1. The normalized spacial score (nSPS) is 16.3. The topological polar surface area (TPSA) is 32.7 Å². The van der Waals surface area contributed by atoms with Gasteiger partial charge in [0.05, 0.1) is 11.7 Å². The van der Waals surface area contributed by atoms with Crippen LogP contribution in [0.25, 0.3) is 0 Å². The van der Waals surface area contributed by atoms with E-state index in [1.54, 1.807) is 0 Å². The zero-order valence-electron chi connectivity index (χ0n) is 11.1. The van der Waals surface area contributed by atoms with Crippen LogP contribution in [0.2, 0.25) is 0 Å². The lowest BCUT2D eigenvalue weighted by Gasteiger charge is -2.23. The van der Waals surface area contributed by atoms with Gasteiger partial charge in [0.1, 0.15) is 0 Å². The Hall–Kier alpha value is -1.51. The molecule has 1 amide bonds. The minimum atomic E-state index is 0.206. The number of aryl methyl sites for hydroxylation is 1. The summed E-state index contributed by atoms with van der Waals surface area (Å²) in [6.07, 6.45) is 1.65. The Bertz CT molecular complexity index is 509. The maximum absolute atomic E-state index is 11.7. The third kappa shape index (κ3) is 3.72. The molecule has 1 aromatic rings. The smallest absolute Gasteiger partial charge is 0.222 e. The monoisotopic (exact) mass is 274 g/mol. The number of aliphatic imine (C=N–C) groups is 1. The Labute approximate surface area is 119 Å². The van der Waals surface area contributed by atoms with Crippen LogP contribution in [0, 0.1) is 6.92 Å². The largest absolute Gasteiger partial charge is 0.342 e. The van der Waals surface area contributed by atoms with Crippen molar-refractivity contribution in [1.29, 1.82) is 0 Å². The number of benzene rings is 1. The second-order valence-corrected chi connectivity index (χ2v) is 5.17. The number of isothiocyanates is 1. The van der Waals surface area contributed by atoms with Gasteiger partial charge in [0.25, 0.3) is 0 Å². The summed E-state index contributed by atoms with van der Waals surface area (Å²) in [5.41, 5.74) is 2.44. The number of rotatable bonds is 5. The van der Waals surface area contributed by atoms with Gasteiger partial charge in [0, 0.05) is 25.4 Å². The molecule has 4 heteroatoms. The van der Waals surface area contributed by atoms with Gasteiger partial charge in [-0.25, -0.2) is 4.99 Å². The van der Waals surface area contributed by atoms with Crippen LogP contribution in [0.1, 0.15) is 29.9 Å². The maximum Gasteiger partial charge on any atom is 0.222 e. The van der Waals surface area contributed by atoms with Crippen LogP contribution in [0.5, 0.6) is 0 Å². The molecule has 1 saturated heterocycles. The fourth-order valence-corrected chi connectivity index (χ4v) is 2.58. The number of likely N-dealkylation sites (tertiary alicyclic amines) is 1. The van der Waals surface area contributed by atoms with E-state index in [2.05, 4.69) is 47.5 Å². The lowest BCUT2D eigenvalue weighted by atomic mass is 9.97. The van der Waals surface area contributed by atoms with Gasteiger partial charge in [0.15, 0.2) is 0 Å². The van der Waals surface area contributed by atoms with Crippen molar-refractivity contribution in [3.05, 3.63) is 35.4 Å². The molecule has 1 aliphatic rings. The quantitative estimate of drug-likeness (QED) is 0.611. The second-order valence-electron chi connectivity index (χ2n) is 4.99. The predicted octanol–water partition coefficient (Wildman–Crippen LogP) is 2.80. The van der Waals surface area contributed by atoms with Crippen molar-refractivity contribution in [2.75, 3.05) is 19.6 Å². The predicted molar refractivity (Wildman–Crippen MR) is 79.6 cm³/mol. The highest BCUT2D eigenvalue weighted by molar-refractivity contribution is 7.78. The van der Waals surface area contributed by atoms with Crippen LogP contribution in [0.15, 0.2) is 29.3 Å². The Morgan fingerprint density at radius 2 is 2.37 bits per heavy atom. The van der Waals surface area contributed by atoms with E-state index >= 15 is 0 Å². The van der Waals surface area contributed by atoms with E-state index < -0.39 is 0 Å². The zero-order chi connectivity index (χ0) is 13.7. The molecule has 1 atom stereocenters. The molecule has 1 aromatic carbocycles. The minimum absolute atomic E-state index is 0.206. The molecular weight excluding hydrogens is 256 g/mol. The average Bonchev–Trinajstić information content (AvgIpc) is 2.80. The van der Waals surface area contributed by atoms with E-state index in [-0.39, 0.29) is 11.8 Å². The molecule has 1 aliphatic heterocycles. The highest BCUT2D eigenvalue weighted by Gasteiger charge is 2.24. The van der Waals surface area contributed by atoms with Crippen LogP contribution in [0.4, 0.5) is 0 Å². The lowest BCUT2D eigenvalue weighted by molar-refractivity contribution is -0.127. The van der Waals surface area contributed by atoms with E-state index in [9.17, 15) is 4.79 Å². The summed E-state index contributed by atoms with van der Waals surface area (Å²) in [6, 6.07) is 8.37. The minimum Gasteiger partial charge on any atom is -0.342 e. The standard InChI is InChI=1S/C15H18N2OS/c1-12-4-2-5-13(8-12)14(9-16-11-19)10-17-7-3-6-15(17)18/h2,4-5,8,14H,3,6-7,9-10H2,1H3. The Morgan fingerprint density at radius 3 is 3.00 bits per heavy atom. The van der Waals surface area contributed by atoms with E-state index in [1.807, 2.05) is 11.0 Å². The molecular formula is C15H18N2OS. The number of carbonyl (C=O) groups is 1. The summed E-state index contributed by atoms with van der Waals surface area (Å²) < 4.78 is 0. The van der Waals surface area contributed by atoms with Crippen LogP contribution < -0.4 is 0 Å². The zero-order valence-corrected chi connectivity index (χ0v) is 11.9. The molecule has 0 bridgehead atoms. The number of carbonyl (C=O) groups excluding carboxylic acids is 1. The molecule has 3 nitrogen and oxygen atoms in total. The number of hydrogen-bond donors (Lipinski definition) is 0. The van der Waals surface area contributed by atoms with Crippen LogP contribution >= 0.6 is 12.2 Å². The van der Waals surface area contributed by atoms with E-state index in [0.29, 0.717) is 13.0 Å². The van der Waals surface area contributed by atoms with Crippen LogP contribution in [-0.4, -0.2) is 35.6 Å². The summed E-state index contributed by atoms with van der Waals surface area (Å²) in [4.78, 5) is 17.7. The summed E-state index contributed by atoms with van der Waals surface area (Å²) in [5, 5.41) is 2.42. The Kier molecular flexibility index (Phi) is 4.83. The molecule has 0 aromatic heterocycles. The van der Waals surface area contributed by atoms with Crippen molar-refractivity contribution in [2.45, 2.75) is 25.7 Å². The molecule has 0 N–H and O–H groups in total. The van der Waals surface area contributed by atoms with Crippen molar-refractivity contribution >= 4 is 23.3 Å². The van der Waals surface area contributed by atoms with E-state index in [1.165, 1.54) is 11.1 Å². The van der Waals surface area contributed by atoms with Gasteiger partial charge in [-0.2, -0.15) is 0 Å². The molecule has 1 heterocycles. The molecule has 2 rings (SSSR count). The first-order valence-electron chi connectivity index (χ1n) is 6.58. The first-order valence-corrected chi connectivity index (χ1v) is 6.99. The summed E-state index contributed by atoms with van der Waals surface area (Å²) in [5.74, 6) is 0.460. The highest BCUT2D eigenvalue weighted by Crippen LogP contribution is 2.21. The summed E-state index contributed by atoms with van der Waals surface area (Å²) >= 11 is 4.65. The molecule has 100 valence electrons. The van der Waals surface area contributed by atoms with Crippen molar-refractivity contribution in [3.8, 4) is 0 Å². The first kappa shape index (κ1) is 13.9. The third-order valence-corrected chi connectivity index (χ3v) is 3.63. The lowest BCUT2D eigenvalue weighted by Crippen LogP contribution is -2.30. The van der Waals surface area contributed by atoms with E-state index in [4.69, 9.17) is 0 Å². The molecule has 1 unspecified atom stereocenters. The van der Waals surface area contributed by atoms with Gasteiger partial charge in [-0.1, -0.05) is 29.8 Å². The first-order chi connectivity index (χ1) is 9.20. The van der Waals surface area contributed by atoms with Crippen molar-refractivity contribution in [1.82, 2.24) is 4.90 Å². The van der Waals surface area contributed by atoms with Gasteiger partial charge >= 0.3 is 0 Å². The second kappa shape index (κ2) is 6.60. The Balaban J connectivity index is 2.15. The summed E-state index contributed by atoms with van der Waals surface area (Å²) in [7, 11) is 0. The SMILES string of the molecule is Cc1cccc(C(CN=C=S)CN2CCCC2=O)c1. The maximum atomic E-state index is 11.7. The van der Waals surface area contributed by atoms with Crippen LogP contribution in [-0.2, 0) is 4.79 Å². The van der Waals surface area contributed by atoms with Gasteiger partial charge in [0.2, 0.25) is 5.91 Å². The molecule has 0 aliphatic carbocycles. The molecule has 1 fully saturated rings. The van der Waals surface area contributed by atoms with Gasteiger partial charge in [-0.05, 0) is 31.1 Å². The fourth-order valence-electron chi connectivity index (χ4n) is 2.50. The molecule has 0 radical (unpaired) electrons. The molecule has 0 spiro atoms. The van der Waals surface area contributed by atoms with E-state index in [0.717, 1.165) is 19.5 Å². The van der Waals surface area contributed by atoms with Crippen molar-refractivity contribution < 1.29 is 4.79 Å². The number of thiocarbonyl (C=S) groups is 1. The van der Waals surface area contributed by atoms with Crippen molar-refractivity contribution in [3.63, 3.8) is 0 Å². The summed E-state index contributed by atoms with van der Waals surface area (Å²) in [6.45, 7) is 4.26. The third-order valence-electron chi connectivity index (χ3n) is 3.50. The fraction of sp³-hybridized carbons (Fsp3) is 0.467. The number of amides is 1. The van der Waals surface area contributed by atoms with Gasteiger partial charge in [-0.3, -0.25) is 4.79 Å². The molecule has 19 heavy (non-hydrogen) atoms. The van der Waals surface area contributed by atoms with Gasteiger partial charge in [-0.15, -0.1) is 0 Å². The van der Waals surface area contributed by atoms with Gasteiger partial charge < -0.3 is 4.90 Å².